The van der Waals surface area contributed by atoms with Crippen molar-refractivity contribution in [2.24, 2.45) is 0 Å². The maximum absolute atomic E-state index is 11.2. The van der Waals surface area contributed by atoms with E-state index >= 15 is 0 Å². The SMILES string of the molecule is O=S1(=O)CC[C@H](NC2CCCC2)C1. The van der Waals surface area contributed by atoms with Gasteiger partial charge in [0, 0.05) is 12.1 Å². The minimum atomic E-state index is -2.70. The second kappa shape index (κ2) is 3.58. The van der Waals surface area contributed by atoms with Gasteiger partial charge in [0.05, 0.1) is 11.5 Å². The van der Waals surface area contributed by atoms with Crippen LogP contribution in [0, 0.1) is 0 Å². The van der Waals surface area contributed by atoms with Crippen LogP contribution >= 0.6 is 0 Å². The third-order valence-electron chi connectivity index (χ3n) is 3.06. The first kappa shape index (κ1) is 9.46. The van der Waals surface area contributed by atoms with Crippen LogP contribution < -0.4 is 5.32 Å². The highest BCUT2D eigenvalue weighted by molar-refractivity contribution is 7.91. The predicted octanol–water partition coefficient (Wildman–Crippen LogP) is 0.706. The van der Waals surface area contributed by atoms with Crippen molar-refractivity contribution in [3.8, 4) is 0 Å². The van der Waals surface area contributed by atoms with Gasteiger partial charge >= 0.3 is 0 Å². The van der Waals surface area contributed by atoms with Crippen molar-refractivity contribution >= 4 is 9.84 Å². The Morgan fingerprint density at radius 1 is 1.00 bits per heavy atom. The van der Waals surface area contributed by atoms with E-state index in [1.807, 2.05) is 0 Å². The van der Waals surface area contributed by atoms with Crippen molar-refractivity contribution < 1.29 is 8.42 Å². The summed E-state index contributed by atoms with van der Waals surface area (Å²) in [6, 6.07) is 0.839. The molecular weight excluding hydrogens is 186 g/mol. The van der Waals surface area contributed by atoms with E-state index in [-0.39, 0.29) is 6.04 Å². The van der Waals surface area contributed by atoms with Crippen LogP contribution in [0.3, 0.4) is 0 Å². The fourth-order valence-corrected chi connectivity index (χ4v) is 4.04. The molecule has 1 saturated carbocycles. The van der Waals surface area contributed by atoms with E-state index < -0.39 is 9.84 Å². The number of hydrogen-bond donors (Lipinski definition) is 1. The quantitative estimate of drug-likeness (QED) is 0.719. The second-order valence-electron chi connectivity index (χ2n) is 4.25. The molecular formula is C9H17NO2S. The summed E-state index contributed by atoms with van der Waals surface area (Å²) in [7, 11) is -2.70. The van der Waals surface area contributed by atoms with Crippen molar-refractivity contribution in [2.45, 2.75) is 44.2 Å². The topological polar surface area (TPSA) is 46.2 Å². The molecule has 0 aromatic rings. The number of nitrogens with one attached hydrogen (secondary N) is 1. The Kier molecular flexibility index (Phi) is 2.60. The zero-order valence-electron chi connectivity index (χ0n) is 7.83. The fraction of sp³-hybridized carbons (Fsp3) is 1.00. The lowest BCUT2D eigenvalue weighted by Crippen LogP contribution is -2.37. The largest absolute Gasteiger partial charge is 0.310 e. The Hall–Kier alpha value is -0.0900. The van der Waals surface area contributed by atoms with Gasteiger partial charge in [-0.25, -0.2) is 8.42 Å². The first-order valence-corrected chi connectivity index (χ1v) is 6.94. The Bertz CT molecular complexity index is 267. The summed E-state index contributed by atoms with van der Waals surface area (Å²) in [4.78, 5) is 0. The highest BCUT2D eigenvalue weighted by atomic mass is 32.2. The van der Waals surface area contributed by atoms with Gasteiger partial charge in [0.1, 0.15) is 0 Å². The fourth-order valence-electron chi connectivity index (χ4n) is 2.35. The average Bonchev–Trinajstić information content (AvgIpc) is 2.61. The summed E-state index contributed by atoms with van der Waals surface area (Å²) in [5.74, 6) is 0.751. The molecule has 0 amide bonds. The molecule has 2 fully saturated rings. The standard InChI is InChI=1S/C9H17NO2S/c11-13(12)6-5-9(7-13)10-8-3-1-2-4-8/h8-10H,1-7H2/t9-/m0/s1. The predicted molar refractivity (Wildman–Crippen MR) is 52.5 cm³/mol. The molecule has 0 spiro atoms. The molecule has 0 bridgehead atoms. The van der Waals surface area contributed by atoms with Gasteiger partial charge in [0.25, 0.3) is 0 Å². The van der Waals surface area contributed by atoms with Gasteiger partial charge in [-0.15, -0.1) is 0 Å². The number of hydrogen-bond acceptors (Lipinski definition) is 3. The molecule has 1 N–H and O–H groups in total. The third-order valence-corrected chi connectivity index (χ3v) is 4.83. The Morgan fingerprint density at radius 2 is 1.69 bits per heavy atom. The maximum Gasteiger partial charge on any atom is 0.151 e. The third kappa shape index (κ3) is 2.44. The van der Waals surface area contributed by atoms with E-state index in [2.05, 4.69) is 5.32 Å². The van der Waals surface area contributed by atoms with Crippen LogP contribution in [0.5, 0.6) is 0 Å². The van der Waals surface area contributed by atoms with Crippen LogP contribution in [-0.2, 0) is 9.84 Å². The van der Waals surface area contributed by atoms with E-state index in [9.17, 15) is 8.42 Å². The molecule has 13 heavy (non-hydrogen) atoms. The molecule has 2 aliphatic rings. The molecule has 1 heterocycles. The monoisotopic (exact) mass is 203 g/mol. The first-order chi connectivity index (χ1) is 6.16. The van der Waals surface area contributed by atoms with E-state index in [1.165, 1.54) is 25.7 Å². The van der Waals surface area contributed by atoms with Crippen LogP contribution in [0.4, 0.5) is 0 Å². The molecule has 1 atom stereocenters. The van der Waals surface area contributed by atoms with Crippen LogP contribution in [0.25, 0.3) is 0 Å². The van der Waals surface area contributed by atoms with Crippen LogP contribution in [0.1, 0.15) is 32.1 Å². The summed E-state index contributed by atoms with van der Waals surface area (Å²) < 4.78 is 22.3. The average molecular weight is 203 g/mol. The minimum absolute atomic E-state index is 0.244. The molecule has 0 unspecified atom stereocenters. The summed E-state index contributed by atoms with van der Waals surface area (Å²) in [5.41, 5.74) is 0. The highest BCUT2D eigenvalue weighted by Gasteiger charge is 2.29. The second-order valence-corrected chi connectivity index (χ2v) is 6.48. The van der Waals surface area contributed by atoms with Gasteiger partial charge in [-0.3, -0.25) is 0 Å². The summed E-state index contributed by atoms with van der Waals surface area (Å²) in [6.07, 6.45) is 5.89. The Morgan fingerprint density at radius 3 is 2.23 bits per heavy atom. The van der Waals surface area contributed by atoms with E-state index in [4.69, 9.17) is 0 Å². The molecule has 0 aromatic heterocycles. The van der Waals surface area contributed by atoms with Gasteiger partial charge in [0.15, 0.2) is 9.84 Å². The van der Waals surface area contributed by atoms with Crippen LogP contribution in [0.15, 0.2) is 0 Å². The lowest BCUT2D eigenvalue weighted by molar-refractivity contribution is 0.455. The van der Waals surface area contributed by atoms with Gasteiger partial charge in [0.2, 0.25) is 0 Å². The molecule has 3 nitrogen and oxygen atoms in total. The maximum atomic E-state index is 11.2. The van der Waals surface area contributed by atoms with Gasteiger partial charge in [-0.05, 0) is 19.3 Å². The van der Waals surface area contributed by atoms with Gasteiger partial charge in [-0.2, -0.15) is 0 Å². The molecule has 0 aromatic carbocycles. The molecule has 1 aliphatic heterocycles. The molecule has 0 radical (unpaired) electrons. The van der Waals surface area contributed by atoms with Crippen molar-refractivity contribution in [1.82, 2.24) is 5.32 Å². The zero-order valence-corrected chi connectivity index (χ0v) is 8.65. The summed E-state index contributed by atoms with van der Waals surface area (Å²) >= 11 is 0. The van der Waals surface area contributed by atoms with Crippen molar-refractivity contribution in [3.63, 3.8) is 0 Å². The Balaban J connectivity index is 1.83. The molecule has 2 rings (SSSR count). The van der Waals surface area contributed by atoms with Crippen molar-refractivity contribution in [2.75, 3.05) is 11.5 Å². The van der Waals surface area contributed by atoms with Gasteiger partial charge in [-0.1, -0.05) is 12.8 Å². The lowest BCUT2D eigenvalue weighted by Gasteiger charge is -2.16. The summed E-state index contributed by atoms with van der Waals surface area (Å²) in [5, 5.41) is 3.45. The normalized spacial score (nSPS) is 34.0. The molecule has 4 heteroatoms. The highest BCUT2D eigenvalue weighted by Crippen LogP contribution is 2.20. The van der Waals surface area contributed by atoms with E-state index in [0.717, 1.165) is 6.42 Å². The smallest absolute Gasteiger partial charge is 0.151 e. The van der Waals surface area contributed by atoms with Crippen molar-refractivity contribution in [1.29, 1.82) is 0 Å². The number of rotatable bonds is 2. The Labute approximate surface area is 79.8 Å². The van der Waals surface area contributed by atoms with E-state index in [0.29, 0.717) is 17.5 Å². The van der Waals surface area contributed by atoms with Crippen LogP contribution in [0.2, 0.25) is 0 Å². The van der Waals surface area contributed by atoms with E-state index in [1.54, 1.807) is 0 Å². The lowest BCUT2D eigenvalue weighted by atomic mass is 10.2. The van der Waals surface area contributed by atoms with Gasteiger partial charge < -0.3 is 5.32 Å². The number of sulfone groups is 1. The molecule has 1 aliphatic carbocycles. The molecule has 76 valence electrons. The van der Waals surface area contributed by atoms with Crippen LogP contribution in [-0.4, -0.2) is 32.0 Å². The minimum Gasteiger partial charge on any atom is -0.310 e. The summed E-state index contributed by atoms with van der Waals surface area (Å²) in [6.45, 7) is 0. The zero-order chi connectivity index (χ0) is 9.31. The van der Waals surface area contributed by atoms with Crippen molar-refractivity contribution in [3.05, 3.63) is 0 Å². The first-order valence-electron chi connectivity index (χ1n) is 5.12. The molecule has 1 saturated heterocycles.